The van der Waals surface area contributed by atoms with E-state index in [0.717, 1.165) is 12.8 Å². The predicted octanol–water partition coefficient (Wildman–Crippen LogP) is 1.81. The molecule has 80 valence electrons. The Morgan fingerprint density at radius 2 is 2.14 bits per heavy atom. The number of unbranched alkanes of at least 4 members (excludes halogenated alkanes) is 1. The number of hydrogen-bond donors (Lipinski definition) is 1. The zero-order chi connectivity index (χ0) is 11.0. The number of aliphatic hydroxyl groups excluding tert-OH is 1. The number of carbonyl (C=O) groups excluding carboxylic acids is 1. The molecule has 0 aromatic heterocycles. The lowest BCUT2D eigenvalue weighted by Crippen LogP contribution is -2.04. The van der Waals surface area contributed by atoms with E-state index < -0.39 is 0 Å². The van der Waals surface area contributed by atoms with Gasteiger partial charge >= 0.3 is 5.97 Å². The summed E-state index contributed by atoms with van der Waals surface area (Å²) in [5.74, 6) is -0.355. The Morgan fingerprint density at radius 3 is 2.57 bits per heavy atom. The SMILES string of the molecule is CCCCC(=C=C(C)CO)C(=O)OC. The molecule has 0 atom stereocenters. The zero-order valence-electron chi connectivity index (χ0n) is 9.09. The van der Waals surface area contributed by atoms with Crippen LogP contribution in [0.15, 0.2) is 16.9 Å². The first-order valence-electron chi connectivity index (χ1n) is 4.80. The topological polar surface area (TPSA) is 46.5 Å². The Labute approximate surface area is 85.1 Å². The van der Waals surface area contributed by atoms with Crippen LogP contribution in [-0.4, -0.2) is 24.8 Å². The summed E-state index contributed by atoms with van der Waals surface area (Å²) in [5, 5.41) is 8.80. The van der Waals surface area contributed by atoms with E-state index >= 15 is 0 Å². The van der Waals surface area contributed by atoms with Gasteiger partial charge in [-0.2, -0.15) is 0 Å². The number of rotatable bonds is 5. The number of ether oxygens (including phenoxy) is 1. The highest BCUT2D eigenvalue weighted by Crippen LogP contribution is 2.08. The van der Waals surface area contributed by atoms with Gasteiger partial charge in [-0.3, -0.25) is 0 Å². The van der Waals surface area contributed by atoms with E-state index in [4.69, 9.17) is 5.11 Å². The molecule has 0 saturated heterocycles. The fourth-order valence-corrected chi connectivity index (χ4v) is 0.989. The molecule has 0 aromatic rings. The predicted molar refractivity (Wildman–Crippen MR) is 54.8 cm³/mol. The van der Waals surface area contributed by atoms with E-state index in [1.54, 1.807) is 6.92 Å². The molecule has 0 fully saturated rings. The molecule has 0 radical (unpaired) electrons. The van der Waals surface area contributed by atoms with Gasteiger partial charge in [0.2, 0.25) is 0 Å². The van der Waals surface area contributed by atoms with Crippen LogP contribution in [0.25, 0.3) is 0 Å². The van der Waals surface area contributed by atoms with Crippen molar-refractivity contribution in [2.45, 2.75) is 33.1 Å². The Hall–Kier alpha value is -1.05. The van der Waals surface area contributed by atoms with E-state index in [0.29, 0.717) is 17.6 Å². The number of aliphatic hydroxyl groups is 1. The highest BCUT2D eigenvalue weighted by atomic mass is 16.5. The van der Waals surface area contributed by atoms with Crippen LogP contribution in [0.3, 0.4) is 0 Å². The minimum Gasteiger partial charge on any atom is -0.465 e. The Morgan fingerprint density at radius 1 is 1.50 bits per heavy atom. The minimum absolute atomic E-state index is 0.0768. The molecular formula is C11H18O3. The van der Waals surface area contributed by atoms with Gasteiger partial charge in [0.1, 0.15) is 0 Å². The quantitative estimate of drug-likeness (QED) is 0.416. The van der Waals surface area contributed by atoms with E-state index in [9.17, 15) is 4.79 Å². The van der Waals surface area contributed by atoms with Crippen molar-refractivity contribution in [2.75, 3.05) is 13.7 Å². The van der Waals surface area contributed by atoms with Gasteiger partial charge < -0.3 is 9.84 Å². The van der Waals surface area contributed by atoms with Gasteiger partial charge in [0.25, 0.3) is 0 Å². The van der Waals surface area contributed by atoms with Crippen molar-refractivity contribution in [3.05, 3.63) is 16.9 Å². The smallest absolute Gasteiger partial charge is 0.341 e. The Kier molecular flexibility index (Phi) is 6.81. The van der Waals surface area contributed by atoms with Crippen LogP contribution >= 0.6 is 0 Å². The number of methoxy groups -OCH3 is 1. The molecule has 0 rings (SSSR count). The van der Waals surface area contributed by atoms with Crippen molar-refractivity contribution in [2.24, 2.45) is 0 Å². The molecule has 0 saturated carbocycles. The number of esters is 1. The summed E-state index contributed by atoms with van der Waals surface area (Å²) < 4.78 is 4.62. The maximum absolute atomic E-state index is 11.3. The van der Waals surface area contributed by atoms with E-state index in [2.05, 4.69) is 17.4 Å². The lowest BCUT2D eigenvalue weighted by atomic mass is 10.1. The first-order valence-corrected chi connectivity index (χ1v) is 4.80. The molecule has 0 aromatic carbocycles. The third-order valence-electron chi connectivity index (χ3n) is 1.81. The van der Waals surface area contributed by atoms with Crippen molar-refractivity contribution in [3.8, 4) is 0 Å². The monoisotopic (exact) mass is 198 g/mol. The second-order valence-electron chi connectivity index (χ2n) is 3.14. The summed E-state index contributed by atoms with van der Waals surface area (Å²) in [7, 11) is 1.35. The van der Waals surface area contributed by atoms with Gasteiger partial charge in [-0.05, 0) is 25.3 Å². The van der Waals surface area contributed by atoms with Crippen molar-refractivity contribution in [3.63, 3.8) is 0 Å². The fourth-order valence-electron chi connectivity index (χ4n) is 0.989. The van der Waals surface area contributed by atoms with E-state index in [1.165, 1.54) is 7.11 Å². The molecular weight excluding hydrogens is 180 g/mol. The summed E-state index contributed by atoms with van der Waals surface area (Å²) in [6.07, 6.45) is 2.59. The van der Waals surface area contributed by atoms with Crippen LogP contribution < -0.4 is 0 Å². The lowest BCUT2D eigenvalue weighted by molar-refractivity contribution is -0.136. The van der Waals surface area contributed by atoms with Crippen LogP contribution in [0, 0.1) is 0 Å². The normalized spacial score (nSPS) is 9.14. The van der Waals surface area contributed by atoms with E-state index in [-0.39, 0.29) is 12.6 Å². The summed E-state index contributed by atoms with van der Waals surface area (Å²) in [6, 6.07) is 0. The molecule has 0 aliphatic rings. The van der Waals surface area contributed by atoms with Gasteiger partial charge in [0, 0.05) is 0 Å². The second kappa shape index (κ2) is 7.36. The second-order valence-corrected chi connectivity index (χ2v) is 3.14. The van der Waals surface area contributed by atoms with Crippen molar-refractivity contribution < 1.29 is 14.6 Å². The highest BCUT2D eigenvalue weighted by Gasteiger charge is 2.07. The third-order valence-corrected chi connectivity index (χ3v) is 1.81. The molecule has 0 amide bonds. The standard InChI is InChI=1S/C11H18O3/c1-4-5-6-10(11(13)14-3)7-9(2)8-12/h12H,4-6,8H2,1-3H3. The molecule has 0 aliphatic carbocycles. The lowest BCUT2D eigenvalue weighted by Gasteiger charge is -2.01. The minimum atomic E-state index is -0.355. The fraction of sp³-hybridized carbons (Fsp3) is 0.636. The van der Waals surface area contributed by atoms with Gasteiger partial charge in [-0.15, -0.1) is 5.73 Å². The maximum Gasteiger partial charge on any atom is 0.341 e. The van der Waals surface area contributed by atoms with Crippen molar-refractivity contribution >= 4 is 5.97 Å². The van der Waals surface area contributed by atoms with Gasteiger partial charge in [0.05, 0.1) is 19.3 Å². The molecule has 14 heavy (non-hydrogen) atoms. The van der Waals surface area contributed by atoms with Crippen LogP contribution in [0.5, 0.6) is 0 Å². The molecule has 3 nitrogen and oxygen atoms in total. The van der Waals surface area contributed by atoms with Gasteiger partial charge in [0.15, 0.2) is 0 Å². The van der Waals surface area contributed by atoms with Crippen molar-refractivity contribution in [1.82, 2.24) is 0 Å². The van der Waals surface area contributed by atoms with Gasteiger partial charge in [-0.25, -0.2) is 4.79 Å². The molecule has 0 unspecified atom stereocenters. The first kappa shape index (κ1) is 12.9. The van der Waals surface area contributed by atoms with Crippen LogP contribution in [0.1, 0.15) is 33.1 Å². The van der Waals surface area contributed by atoms with Crippen LogP contribution in [0.4, 0.5) is 0 Å². The average Bonchev–Trinajstić information content (AvgIpc) is 2.22. The Bertz CT molecular complexity index is 247. The summed E-state index contributed by atoms with van der Waals surface area (Å²) >= 11 is 0. The zero-order valence-corrected chi connectivity index (χ0v) is 9.09. The largest absolute Gasteiger partial charge is 0.465 e. The summed E-state index contributed by atoms with van der Waals surface area (Å²) in [4.78, 5) is 11.3. The molecule has 0 aliphatic heterocycles. The maximum atomic E-state index is 11.3. The average molecular weight is 198 g/mol. The van der Waals surface area contributed by atoms with Crippen LogP contribution in [0.2, 0.25) is 0 Å². The molecule has 3 heteroatoms. The number of carbonyl (C=O) groups is 1. The summed E-state index contributed by atoms with van der Waals surface area (Å²) in [6.45, 7) is 3.71. The third kappa shape index (κ3) is 4.85. The summed E-state index contributed by atoms with van der Waals surface area (Å²) in [5.41, 5.74) is 4.03. The van der Waals surface area contributed by atoms with Crippen molar-refractivity contribution in [1.29, 1.82) is 0 Å². The van der Waals surface area contributed by atoms with Gasteiger partial charge in [-0.1, -0.05) is 13.3 Å². The highest BCUT2D eigenvalue weighted by molar-refractivity contribution is 5.88. The van der Waals surface area contributed by atoms with E-state index in [1.807, 2.05) is 0 Å². The number of hydrogen-bond acceptors (Lipinski definition) is 3. The van der Waals surface area contributed by atoms with Crippen LogP contribution in [-0.2, 0) is 9.53 Å². The first-order chi connectivity index (χ1) is 6.65. The molecule has 1 N–H and O–H groups in total. The Balaban J connectivity index is 4.71. The molecule has 0 heterocycles. The molecule has 0 spiro atoms. The molecule has 0 bridgehead atoms.